The molecule has 2 aromatic rings. The minimum atomic E-state index is -0.437. The number of non-ortho nitro benzene ring substituents is 1. The number of hydrogen-bond acceptors (Lipinski definition) is 5. The van der Waals surface area contributed by atoms with Crippen LogP contribution in [0.25, 0.3) is 0 Å². The van der Waals surface area contributed by atoms with Gasteiger partial charge in [0, 0.05) is 42.0 Å². The van der Waals surface area contributed by atoms with Crippen molar-refractivity contribution in [3.63, 3.8) is 0 Å². The lowest BCUT2D eigenvalue weighted by atomic mass is 10.1. The second-order valence-corrected chi connectivity index (χ2v) is 5.76. The van der Waals surface area contributed by atoms with Crippen LogP contribution in [0.15, 0.2) is 53.6 Å². The maximum absolute atomic E-state index is 12.0. The molecule has 0 aromatic heterocycles. The molecular weight excluding hydrogens is 320 g/mol. The molecule has 1 saturated heterocycles. The molecule has 1 aliphatic rings. The van der Waals surface area contributed by atoms with E-state index < -0.39 is 4.92 Å². The number of anilines is 1. The van der Waals surface area contributed by atoms with Gasteiger partial charge in [-0.3, -0.25) is 14.9 Å². The molecule has 1 aliphatic heterocycles. The highest BCUT2D eigenvalue weighted by molar-refractivity contribution is 5.95. The number of nitro groups is 1. The Bertz CT molecular complexity index is 799. The van der Waals surface area contributed by atoms with Gasteiger partial charge < -0.3 is 4.90 Å². The van der Waals surface area contributed by atoms with Crippen LogP contribution in [0.2, 0.25) is 0 Å². The molecule has 1 heterocycles. The Labute approximate surface area is 145 Å². The molecule has 2 aromatic carbocycles. The molecule has 25 heavy (non-hydrogen) atoms. The molecule has 0 aliphatic carbocycles. The van der Waals surface area contributed by atoms with Gasteiger partial charge in [0.2, 0.25) is 0 Å². The average Bonchev–Trinajstić information content (AvgIpc) is 3.16. The quantitative estimate of drug-likeness (QED) is 0.516. The molecule has 0 unspecified atom stereocenters. The Hall–Kier alpha value is -3.22. The van der Waals surface area contributed by atoms with Crippen molar-refractivity contribution in [3.8, 4) is 0 Å². The van der Waals surface area contributed by atoms with Crippen LogP contribution in [0.1, 0.15) is 28.8 Å². The third-order valence-electron chi connectivity index (χ3n) is 4.07. The van der Waals surface area contributed by atoms with Crippen molar-refractivity contribution in [3.05, 3.63) is 69.8 Å². The Balaban J connectivity index is 1.80. The third-order valence-corrected chi connectivity index (χ3v) is 4.07. The van der Waals surface area contributed by atoms with Gasteiger partial charge in [0.25, 0.3) is 11.6 Å². The van der Waals surface area contributed by atoms with Crippen LogP contribution in [-0.2, 0) is 0 Å². The van der Waals surface area contributed by atoms with Gasteiger partial charge in [-0.2, -0.15) is 5.10 Å². The Morgan fingerprint density at radius 2 is 1.88 bits per heavy atom. The van der Waals surface area contributed by atoms with E-state index in [-0.39, 0.29) is 11.6 Å². The van der Waals surface area contributed by atoms with Crippen molar-refractivity contribution in [1.29, 1.82) is 0 Å². The van der Waals surface area contributed by atoms with E-state index >= 15 is 0 Å². The molecular formula is C18H18N4O3. The summed E-state index contributed by atoms with van der Waals surface area (Å²) >= 11 is 0. The molecule has 1 amide bonds. The number of nitrogens with zero attached hydrogens (tertiary/aromatic N) is 3. The van der Waals surface area contributed by atoms with Gasteiger partial charge in [-0.25, -0.2) is 5.43 Å². The topological polar surface area (TPSA) is 87.8 Å². The second-order valence-electron chi connectivity index (χ2n) is 5.76. The first kappa shape index (κ1) is 16.6. The van der Waals surface area contributed by atoms with E-state index in [1.165, 1.54) is 18.3 Å². The van der Waals surface area contributed by atoms with Crippen molar-refractivity contribution in [2.45, 2.75) is 12.8 Å². The van der Waals surface area contributed by atoms with Crippen molar-refractivity contribution in [2.75, 3.05) is 18.0 Å². The molecule has 1 fully saturated rings. The molecule has 7 heteroatoms. The molecule has 0 atom stereocenters. The predicted octanol–water partition coefficient (Wildman–Crippen LogP) is 2.96. The second kappa shape index (κ2) is 7.57. The maximum atomic E-state index is 12.0. The fourth-order valence-corrected chi connectivity index (χ4v) is 2.82. The van der Waals surface area contributed by atoms with Gasteiger partial charge in [-0.15, -0.1) is 0 Å². The third kappa shape index (κ3) is 4.00. The smallest absolute Gasteiger partial charge is 0.271 e. The number of carbonyl (C=O) groups is 1. The Morgan fingerprint density at radius 3 is 2.56 bits per heavy atom. The molecule has 0 spiro atoms. The van der Waals surface area contributed by atoms with Crippen LogP contribution < -0.4 is 10.3 Å². The number of carbonyl (C=O) groups excluding carboxylic acids is 1. The van der Waals surface area contributed by atoms with Crippen molar-refractivity contribution in [2.24, 2.45) is 5.10 Å². The SMILES string of the molecule is O=C(N/N=C\c1cc([N+](=O)[O-])ccc1N1CCCC1)c1ccccc1. The zero-order chi connectivity index (χ0) is 17.6. The van der Waals surface area contributed by atoms with Crippen LogP contribution in [-0.4, -0.2) is 30.1 Å². The fourth-order valence-electron chi connectivity index (χ4n) is 2.82. The van der Waals surface area contributed by atoms with Gasteiger partial charge in [0.1, 0.15) is 0 Å². The standard InChI is InChI=1S/C18H18N4O3/c23-18(14-6-2-1-3-7-14)20-19-13-15-12-16(22(24)25)8-9-17(15)21-10-4-5-11-21/h1-3,6-9,12-13H,4-5,10-11H2,(H,20,23)/b19-13-. The van der Waals surface area contributed by atoms with E-state index in [0.29, 0.717) is 11.1 Å². The molecule has 0 radical (unpaired) electrons. The monoisotopic (exact) mass is 338 g/mol. The molecule has 1 N–H and O–H groups in total. The highest BCUT2D eigenvalue weighted by Gasteiger charge is 2.17. The summed E-state index contributed by atoms with van der Waals surface area (Å²) < 4.78 is 0. The van der Waals surface area contributed by atoms with Crippen LogP contribution in [0.5, 0.6) is 0 Å². The lowest BCUT2D eigenvalue weighted by molar-refractivity contribution is -0.384. The largest absolute Gasteiger partial charge is 0.371 e. The van der Waals surface area contributed by atoms with Gasteiger partial charge in [0.05, 0.1) is 11.1 Å². The van der Waals surface area contributed by atoms with E-state index in [1.54, 1.807) is 30.3 Å². The maximum Gasteiger partial charge on any atom is 0.271 e. The van der Waals surface area contributed by atoms with Gasteiger partial charge in [-0.05, 0) is 31.0 Å². The lowest BCUT2D eigenvalue weighted by Gasteiger charge is -2.19. The highest BCUT2D eigenvalue weighted by Crippen LogP contribution is 2.27. The highest BCUT2D eigenvalue weighted by atomic mass is 16.6. The summed E-state index contributed by atoms with van der Waals surface area (Å²) in [5.74, 6) is -0.329. The Morgan fingerprint density at radius 1 is 1.16 bits per heavy atom. The fraction of sp³-hybridized carbons (Fsp3) is 0.222. The van der Waals surface area contributed by atoms with Crippen LogP contribution >= 0.6 is 0 Å². The summed E-state index contributed by atoms with van der Waals surface area (Å²) in [6.45, 7) is 1.82. The lowest BCUT2D eigenvalue weighted by Crippen LogP contribution is -2.20. The first-order valence-corrected chi connectivity index (χ1v) is 8.07. The van der Waals surface area contributed by atoms with E-state index in [0.717, 1.165) is 31.6 Å². The van der Waals surface area contributed by atoms with Crippen LogP contribution in [0, 0.1) is 10.1 Å². The Kier molecular flexibility index (Phi) is 5.03. The first-order valence-electron chi connectivity index (χ1n) is 8.07. The number of rotatable bonds is 5. The van der Waals surface area contributed by atoms with E-state index in [1.807, 2.05) is 6.07 Å². The summed E-state index contributed by atoms with van der Waals surface area (Å²) in [5.41, 5.74) is 4.46. The summed E-state index contributed by atoms with van der Waals surface area (Å²) in [5, 5.41) is 15.0. The van der Waals surface area contributed by atoms with Crippen molar-refractivity contribution < 1.29 is 9.72 Å². The minimum absolute atomic E-state index is 0.00113. The summed E-state index contributed by atoms with van der Waals surface area (Å²) in [7, 11) is 0. The molecule has 0 bridgehead atoms. The van der Waals surface area contributed by atoms with Crippen LogP contribution in [0.4, 0.5) is 11.4 Å². The number of hydrazone groups is 1. The predicted molar refractivity (Wildman–Crippen MR) is 96.0 cm³/mol. The zero-order valence-electron chi connectivity index (χ0n) is 13.6. The van der Waals surface area contributed by atoms with E-state index in [2.05, 4.69) is 15.4 Å². The summed E-state index contributed by atoms with van der Waals surface area (Å²) in [4.78, 5) is 24.8. The average molecular weight is 338 g/mol. The molecule has 128 valence electrons. The number of hydrogen-bond donors (Lipinski definition) is 1. The molecule has 0 saturated carbocycles. The summed E-state index contributed by atoms with van der Waals surface area (Å²) in [6, 6.07) is 13.5. The number of nitro benzene ring substituents is 1. The number of amides is 1. The van der Waals surface area contributed by atoms with Crippen molar-refractivity contribution >= 4 is 23.5 Å². The number of benzene rings is 2. The van der Waals surface area contributed by atoms with E-state index in [4.69, 9.17) is 0 Å². The van der Waals surface area contributed by atoms with E-state index in [9.17, 15) is 14.9 Å². The van der Waals surface area contributed by atoms with Gasteiger partial charge in [-0.1, -0.05) is 18.2 Å². The normalized spacial score (nSPS) is 14.0. The van der Waals surface area contributed by atoms with Gasteiger partial charge in [0.15, 0.2) is 0 Å². The van der Waals surface area contributed by atoms with Crippen LogP contribution in [0.3, 0.4) is 0 Å². The minimum Gasteiger partial charge on any atom is -0.371 e. The van der Waals surface area contributed by atoms with Gasteiger partial charge >= 0.3 is 0 Å². The van der Waals surface area contributed by atoms with Crippen molar-refractivity contribution in [1.82, 2.24) is 5.43 Å². The summed E-state index contributed by atoms with van der Waals surface area (Å²) in [6.07, 6.45) is 3.65. The molecule has 3 rings (SSSR count). The number of nitrogens with one attached hydrogen (secondary N) is 1. The molecule has 7 nitrogen and oxygen atoms in total. The zero-order valence-corrected chi connectivity index (χ0v) is 13.6. The first-order chi connectivity index (χ1) is 12.1.